The van der Waals surface area contributed by atoms with Gasteiger partial charge in [-0.2, -0.15) is 0 Å². The minimum Gasteiger partial charge on any atom is -0.369 e. The molecule has 0 radical (unpaired) electrons. The molecule has 0 spiro atoms. The lowest BCUT2D eigenvalue weighted by molar-refractivity contribution is -0.123. The van der Waals surface area contributed by atoms with Gasteiger partial charge in [0.25, 0.3) is 11.5 Å². The van der Waals surface area contributed by atoms with Gasteiger partial charge in [-0.05, 0) is 37.0 Å². The van der Waals surface area contributed by atoms with Gasteiger partial charge in [-0.25, -0.2) is 13.4 Å². The Balaban J connectivity index is 1.77. The van der Waals surface area contributed by atoms with Crippen LogP contribution in [0.3, 0.4) is 0 Å². The number of sulfone groups is 1. The van der Waals surface area contributed by atoms with E-state index < -0.39 is 15.9 Å². The summed E-state index contributed by atoms with van der Waals surface area (Å²) in [7, 11) is -3.17. The predicted molar refractivity (Wildman–Crippen MR) is 132 cm³/mol. The van der Waals surface area contributed by atoms with Gasteiger partial charge in [-0.1, -0.05) is 43.9 Å². The molecule has 170 valence electrons. The maximum atomic E-state index is 13.3. The standard InChI is InChI=1S/C21H24N4O4S3/c1-12(2)9-22-18-15(19(26)24-10-13(3)4-5-17(24)23-18)8-16-20(27)25(21(30)31-16)14-6-7-32(28,29)11-14/h4-5,8,10,12,14,22H,6-7,9,11H2,1-3H3/b16-8-. The smallest absolute Gasteiger partial charge is 0.267 e. The quantitative estimate of drug-likeness (QED) is 0.502. The molecular weight excluding hydrogens is 468 g/mol. The van der Waals surface area contributed by atoms with E-state index in [9.17, 15) is 18.0 Å². The highest BCUT2D eigenvalue weighted by Crippen LogP contribution is 2.36. The number of aryl methyl sites for hydroxylation is 1. The average molecular weight is 493 g/mol. The highest BCUT2D eigenvalue weighted by atomic mass is 32.2. The molecule has 0 aliphatic carbocycles. The molecule has 1 amide bonds. The van der Waals surface area contributed by atoms with Crippen LogP contribution < -0.4 is 10.9 Å². The molecule has 2 aromatic heterocycles. The Labute approximate surface area is 196 Å². The van der Waals surface area contributed by atoms with Crippen LogP contribution in [0.1, 0.15) is 31.4 Å². The Morgan fingerprint density at radius 2 is 2.09 bits per heavy atom. The first-order valence-electron chi connectivity index (χ1n) is 10.3. The van der Waals surface area contributed by atoms with Crippen LogP contribution in [-0.4, -0.2) is 57.0 Å². The zero-order valence-corrected chi connectivity index (χ0v) is 20.4. The van der Waals surface area contributed by atoms with Crippen LogP contribution in [0.15, 0.2) is 28.0 Å². The third-order valence-electron chi connectivity index (χ3n) is 5.36. The summed E-state index contributed by atoms with van der Waals surface area (Å²) < 4.78 is 25.6. The molecule has 11 heteroatoms. The second kappa shape index (κ2) is 8.60. The Hall–Kier alpha value is -2.24. The lowest BCUT2D eigenvalue weighted by Crippen LogP contribution is -2.39. The SMILES string of the molecule is Cc1ccc2nc(NCC(C)C)c(/C=C3\SC(=S)N(C4CCS(=O)(=O)C4)C3=O)c(=O)n2c1. The number of aromatic nitrogens is 2. The zero-order valence-electron chi connectivity index (χ0n) is 18.0. The summed E-state index contributed by atoms with van der Waals surface area (Å²) in [5.74, 6) is 0.315. The molecule has 2 saturated heterocycles. The van der Waals surface area contributed by atoms with E-state index in [1.807, 2.05) is 26.8 Å². The predicted octanol–water partition coefficient (Wildman–Crippen LogP) is 2.46. The van der Waals surface area contributed by atoms with Gasteiger partial charge in [0.15, 0.2) is 9.84 Å². The molecule has 0 aromatic carbocycles. The molecule has 0 bridgehead atoms. The molecule has 8 nitrogen and oxygen atoms in total. The fourth-order valence-electron chi connectivity index (χ4n) is 3.73. The Morgan fingerprint density at radius 1 is 1.34 bits per heavy atom. The molecule has 32 heavy (non-hydrogen) atoms. The summed E-state index contributed by atoms with van der Waals surface area (Å²) in [6.07, 6.45) is 3.60. The molecule has 4 rings (SSSR count). The number of anilines is 1. The Kier molecular flexibility index (Phi) is 6.17. The average Bonchev–Trinajstić information content (AvgIpc) is 3.20. The summed E-state index contributed by atoms with van der Waals surface area (Å²) in [5, 5.41) is 3.22. The van der Waals surface area contributed by atoms with E-state index in [1.165, 1.54) is 15.4 Å². The van der Waals surface area contributed by atoms with Crippen molar-refractivity contribution in [2.75, 3.05) is 23.4 Å². The van der Waals surface area contributed by atoms with Gasteiger partial charge in [0.05, 0.1) is 28.0 Å². The molecular formula is C21H24N4O4S3. The van der Waals surface area contributed by atoms with Crippen LogP contribution in [-0.2, 0) is 14.6 Å². The first-order valence-corrected chi connectivity index (χ1v) is 13.3. The molecule has 2 aromatic rings. The highest BCUT2D eigenvalue weighted by Gasteiger charge is 2.42. The lowest BCUT2D eigenvalue weighted by atomic mass is 10.2. The molecule has 2 aliphatic heterocycles. The van der Waals surface area contributed by atoms with Gasteiger partial charge in [0.1, 0.15) is 15.8 Å². The van der Waals surface area contributed by atoms with E-state index in [1.54, 1.807) is 12.3 Å². The summed E-state index contributed by atoms with van der Waals surface area (Å²) in [6.45, 7) is 6.59. The molecule has 2 aliphatic rings. The number of rotatable bonds is 5. The molecule has 4 heterocycles. The molecule has 0 saturated carbocycles. The van der Waals surface area contributed by atoms with E-state index in [0.717, 1.165) is 17.3 Å². The Bertz CT molecular complexity index is 1310. The van der Waals surface area contributed by atoms with Crippen molar-refractivity contribution in [2.45, 2.75) is 33.2 Å². The first kappa shape index (κ1) is 22.9. The van der Waals surface area contributed by atoms with Crippen LogP contribution in [0.4, 0.5) is 5.82 Å². The molecule has 1 unspecified atom stereocenters. The number of carbonyl (C=O) groups is 1. The number of hydrogen-bond donors (Lipinski definition) is 1. The maximum absolute atomic E-state index is 13.3. The third-order valence-corrected chi connectivity index (χ3v) is 8.44. The minimum atomic E-state index is -3.17. The normalized spacial score (nSPS) is 21.9. The van der Waals surface area contributed by atoms with Crippen LogP contribution in [0.2, 0.25) is 0 Å². The number of carbonyl (C=O) groups excluding carboxylic acids is 1. The lowest BCUT2D eigenvalue weighted by Gasteiger charge is -2.20. The van der Waals surface area contributed by atoms with E-state index in [4.69, 9.17) is 12.2 Å². The summed E-state index contributed by atoms with van der Waals surface area (Å²) in [6, 6.07) is 3.20. The third kappa shape index (κ3) is 4.46. The molecule has 2 fully saturated rings. The van der Waals surface area contributed by atoms with Gasteiger partial charge < -0.3 is 5.32 Å². The number of fused-ring (bicyclic) bond motifs is 1. The van der Waals surface area contributed by atoms with E-state index >= 15 is 0 Å². The van der Waals surface area contributed by atoms with Gasteiger partial charge in [0.2, 0.25) is 0 Å². The van der Waals surface area contributed by atoms with Crippen molar-refractivity contribution in [3.63, 3.8) is 0 Å². The summed E-state index contributed by atoms with van der Waals surface area (Å²) in [5.41, 5.74) is 1.39. The molecule has 1 atom stereocenters. The number of nitrogens with zero attached hydrogens (tertiary/aromatic N) is 3. The van der Waals surface area contributed by atoms with Crippen molar-refractivity contribution in [3.05, 3.63) is 44.7 Å². The number of thiocarbonyl (C=S) groups is 1. The second-order valence-electron chi connectivity index (χ2n) is 8.50. The van der Waals surface area contributed by atoms with Crippen molar-refractivity contribution in [3.8, 4) is 0 Å². The fraction of sp³-hybridized carbons (Fsp3) is 0.429. The first-order chi connectivity index (χ1) is 15.1. The zero-order chi connectivity index (χ0) is 23.2. The molecule has 1 N–H and O–H groups in total. The van der Waals surface area contributed by atoms with E-state index in [-0.39, 0.29) is 28.5 Å². The number of pyridine rings is 1. The van der Waals surface area contributed by atoms with Gasteiger partial charge in [-0.3, -0.25) is 18.9 Å². The number of nitrogens with one attached hydrogen (secondary N) is 1. The van der Waals surface area contributed by atoms with Gasteiger partial charge in [0, 0.05) is 12.7 Å². The van der Waals surface area contributed by atoms with Crippen molar-refractivity contribution < 1.29 is 13.2 Å². The van der Waals surface area contributed by atoms with Crippen LogP contribution >= 0.6 is 24.0 Å². The van der Waals surface area contributed by atoms with Gasteiger partial charge in [-0.15, -0.1) is 0 Å². The van der Waals surface area contributed by atoms with Crippen LogP contribution in [0, 0.1) is 12.8 Å². The minimum absolute atomic E-state index is 0.0480. The Morgan fingerprint density at radius 3 is 2.75 bits per heavy atom. The second-order valence-corrected chi connectivity index (χ2v) is 12.4. The van der Waals surface area contributed by atoms with Crippen molar-refractivity contribution in [1.82, 2.24) is 14.3 Å². The monoisotopic (exact) mass is 492 g/mol. The highest BCUT2D eigenvalue weighted by molar-refractivity contribution is 8.26. The van der Waals surface area contributed by atoms with E-state index in [2.05, 4.69) is 10.3 Å². The van der Waals surface area contributed by atoms with Gasteiger partial charge >= 0.3 is 0 Å². The summed E-state index contributed by atoms with van der Waals surface area (Å²) >= 11 is 6.47. The van der Waals surface area contributed by atoms with Crippen LogP contribution in [0.25, 0.3) is 11.7 Å². The maximum Gasteiger partial charge on any atom is 0.267 e. The van der Waals surface area contributed by atoms with E-state index in [0.29, 0.717) is 39.6 Å². The number of amides is 1. The summed E-state index contributed by atoms with van der Waals surface area (Å²) in [4.78, 5) is 32.8. The topological polar surface area (TPSA) is 101 Å². The largest absolute Gasteiger partial charge is 0.369 e. The number of hydrogen-bond acceptors (Lipinski definition) is 8. The van der Waals surface area contributed by atoms with Crippen molar-refractivity contribution >= 4 is 61.6 Å². The van der Waals surface area contributed by atoms with Crippen molar-refractivity contribution in [2.24, 2.45) is 5.92 Å². The van der Waals surface area contributed by atoms with Crippen molar-refractivity contribution in [1.29, 1.82) is 0 Å². The van der Waals surface area contributed by atoms with Crippen LogP contribution in [0.5, 0.6) is 0 Å². The number of thioether (sulfide) groups is 1. The fourth-order valence-corrected chi connectivity index (χ4v) is 6.81.